The smallest absolute Gasteiger partial charge is 0.257 e. The molecule has 1 amide bonds. The molecule has 0 aliphatic heterocycles. The summed E-state index contributed by atoms with van der Waals surface area (Å²) in [6.07, 6.45) is 0. The molecule has 0 atom stereocenters. The normalized spacial score (nSPS) is 10.3. The molecule has 0 saturated carbocycles. The maximum absolute atomic E-state index is 13.1. The van der Waals surface area contributed by atoms with Gasteiger partial charge in [-0.05, 0) is 36.8 Å². The number of halogens is 2. The lowest BCUT2D eigenvalue weighted by atomic mass is 10.1. The fourth-order valence-corrected chi connectivity index (χ4v) is 1.83. The largest absolute Gasteiger partial charge is 0.397 e. The monoisotopic (exact) mass is 278 g/mol. The van der Waals surface area contributed by atoms with Gasteiger partial charge in [-0.3, -0.25) is 4.79 Å². The number of hydrogen-bond acceptors (Lipinski definition) is 2. The number of nitrogens with two attached hydrogens (primary N) is 1. The van der Waals surface area contributed by atoms with E-state index in [4.69, 9.17) is 17.3 Å². The highest BCUT2D eigenvalue weighted by atomic mass is 35.5. The van der Waals surface area contributed by atoms with Crippen LogP contribution in [0.25, 0.3) is 0 Å². The third-order valence-electron chi connectivity index (χ3n) is 2.75. The molecule has 0 aliphatic rings. The zero-order valence-electron chi connectivity index (χ0n) is 10.2. The number of rotatable bonds is 2. The van der Waals surface area contributed by atoms with Gasteiger partial charge < -0.3 is 11.1 Å². The summed E-state index contributed by atoms with van der Waals surface area (Å²) in [4.78, 5) is 12.1. The van der Waals surface area contributed by atoms with E-state index in [1.807, 2.05) is 0 Å². The molecule has 2 aromatic carbocycles. The van der Waals surface area contributed by atoms with Crippen molar-refractivity contribution >= 4 is 28.9 Å². The van der Waals surface area contributed by atoms with Crippen LogP contribution in [0.2, 0.25) is 5.02 Å². The molecule has 0 saturated heterocycles. The number of benzene rings is 2. The van der Waals surface area contributed by atoms with E-state index in [0.717, 1.165) is 5.56 Å². The van der Waals surface area contributed by atoms with Gasteiger partial charge in [-0.2, -0.15) is 0 Å². The molecule has 2 rings (SSSR count). The lowest BCUT2D eigenvalue weighted by molar-refractivity contribution is 0.102. The number of carbonyl (C=O) groups excluding carboxylic acids is 1. The lowest BCUT2D eigenvalue weighted by Gasteiger charge is -2.10. The summed E-state index contributed by atoms with van der Waals surface area (Å²) in [7, 11) is 0. The van der Waals surface area contributed by atoms with Crippen molar-refractivity contribution in [2.45, 2.75) is 6.92 Å². The van der Waals surface area contributed by atoms with E-state index in [2.05, 4.69) is 5.32 Å². The van der Waals surface area contributed by atoms with E-state index < -0.39 is 11.7 Å². The van der Waals surface area contributed by atoms with Crippen molar-refractivity contribution < 1.29 is 9.18 Å². The molecule has 0 spiro atoms. The molecular formula is C14H12ClFN2O. The number of para-hydroxylation sites is 1. The third-order valence-corrected chi connectivity index (χ3v) is 3.07. The van der Waals surface area contributed by atoms with Crippen LogP contribution < -0.4 is 11.1 Å². The molecule has 0 fully saturated rings. The standard InChI is InChI=1S/C14H12ClFN2O/c1-8-5-6-9(16)7-12(8)18-14(19)10-3-2-4-11(15)13(10)17/h2-7H,17H2,1H3,(H,18,19). The lowest BCUT2D eigenvalue weighted by Crippen LogP contribution is -2.15. The van der Waals surface area contributed by atoms with Gasteiger partial charge in [0.25, 0.3) is 5.91 Å². The molecule has 3 N–H and O–H groups in total. The van der Waals surface area contributed by atoms with Crippen LogP contribution in [-0.4, -0.2) is 5.91 Å². The fourth-order valence-electron chi connectivity index (χ4n) is 1.65. The highest BCUT2D eigenvalue weighted by Gasteiger charge is 2.13. The molecule has 0 aliphatic carbocycles. The number of amides is 1. The van der Waals surface area contributed by atoms with Crippen molar-refractivity contribution in [3.63, 3.8) is 0 Å². The Kier molecular flexibility index (Phi) is 3.71. The van der Waals surface area contributed by atoms with Crippen LogP contribution in [0.15, 0.2) is 36.4 Å². The summed E-state index contributed by atoms with van der Waals surface area (Å²) in [5, 5.41) is 2.93. The maximum atomic E-state index is 13.1. The summed E-state index contributed by atoms with van der Waals surface area (Å²) in [6, 6.07) is 8.97. The molecular weight excluding hydrogens is 267 g/mol. The first kappa shape index (κ1) is 13.4. The Morgan fingerprint density at radius 1 is 1.32 bits per heavy atom. The summed E-state index contributed by atoms with van der Waals surface area (Å²) in [6.45, 7) is 1.77. The first-order chi connectivity index (χ1) is 8.99. The van der Waals surface area contributed by atoms with Crippen molar-refractivity contribution in [1.82, 2.24) is 0 Å². The van der Waals surface area contributed by atoms with Crippen LogP contribution in [0.5, 0.6) is 0 Å². The number of hydrogen-bond donors (Lipinski definition) is 2. The topological polar surface area (TPSA) is 55.1 Å². The Morgan fingerprint density at radius 2 is 2.05 bits per heavy atom. The van der Waals surface area contributed by atoms with Gasteiger partial charge in [0.2, 0.25) is 0 Å². The van der Waals surface area contributed by atoms with Gasteiger partial charge in [-0.15, -0.1) is 0 Å². The van der Waals surface area contributed by atoms with Gasteiger partial charge in [0.1, 0.15) is 5.82 Å². The molecule has 0 radical (unpaired) electrons. The van der Waals surface area contributed by atoms with Crippen molar-refractivity contribution in [3.05, 3.63) is 58.4 Å². The van der Waals surface area contributed by atoms with E-state index in [0.29, 0.717) is 10.7 Å². The summed E-state index contributed by atoms with van der Waals surface area (Å²) < 4.78 is 13.1. The first-order valence-corrected chi connectivity index (χ1v) is 5.98. The molecule has 0 aromatic heterocycles. The Balaban J connectivity index is 2.31. The maximum Gasteiger partial charge on any atom is 0.257 e. The van der Waals surface area contributed by atoms with Gasteiger partial charge in [-0.1, -0.05) is 23.7 Å². The molecule has 3 nitrogen and oxygen atoms in total. The van der Waals surface area contributed by atoms with Gasteiger partial charge in [0, 0.05) is 5.69 Å². The molecule has 0 bridgehead atoms. The predicted molar refractivity (Wildman–Crippen MR) is 75.0 cm³/mol. The van der Waals surface area contributed by atoms with E-state index in [1.54, 1.807) is 31.2 Å². The Labute approximate surface area is 115 Å². The van der Waals surface area contributed by atoms with Crippen molar-refractivity contribution in [3.8, 4) is 0 Å². The predicted octanol–water partition coefficient (Wildman–Crippen LogP) is 3.62. The molecule has 0 heterocycles. The van der Waals surface area contributed by atoms with Crippen LogP contribution in [0.4, 0.5) is 15.8 Å². The zero-order chi connectivity index (χ0) is 14.0. The quantitative estimate of drug-likeness (QED) is 0.824. The minimum Gasteiger partial charge on any atom is -0.397 e. The number of nitrogen functional groups attached to an aromatic ring is 1. The molecule has 2 aromatic rings. The highest BCUT2D eigenvalue weighted by molar-refractivity contribution is 6.34. The Bertz CT molecular complexity index is 643. The second-order valence-corrected chi connectivity index (χ2v) is 4.52. The summed E-state index contributed by atoms with van der Waals surface area (Å²) in [5.41, 5.74) is 7.37. The van der Waals surface area contributed by atoms with Crippen molar-refractivity contribution in [2.75, 3.05) is 11.1 Å². The minimum absolute atomic E-state index is 0.204. The van der Waals surface area contributed by atoms with Gasteiger partial charge in [0.05, 0.1) is 16.3 Å². The second kappa shape index (κ2) is 5.28. The molecule has 98 valence electrons. The molecule has 0 unspecified atom stereocenters. The van der Waals surface area contributed by atoms with Crippen LogP contribution in [0, 0.1) is 12.7 Å². The first-order valence-electron chi connectivity index (χ1n) is 5.60. The molecule has 5 heteroatoms. The van der Waals surface area contributed by atoms with Crippen LogP contribution in [0.1, 0.15) is 15.9 Å². The Morgan fingerprint density at radius 3 is 2.79 bits per heavy atom. The van der Waals surface area contributed by atoms with Crippen molar-refractivity contribution in [1.29, 1.82) is 0 Å². The highest BCUT2D eigenvalue weighted by Crippen LogP contribution is 2.24. The van der Waals surface area contributed by atoms with Crippen molar-refractivity contribution in [2.24, 2.45) is 0 Å². The SMILES string of the molecule is Cc1ccc(F)cc1NC(=O)c1cccc(Cl)c1N. The van der Waals surface area contributed by atoms with E-state index >= 15 is 0 Å². The fraction of sp³-hybridized carbons (Fsp3) is 0.0714. The van der Waals surface area contributed by atoms with Crippen LogP contribution >= 0.6 is 11.6 Å². The minimum atomic E-state index is -0.422. The van der Waals surface area contributed by atoms with Crippen LogP contribution in [0.3, 0.4) is 0 Å². The van der Waals surface area contributed by atoms with Gasteiger partial charge in [0.15, 0.2) is 0 Å². The number of nitrogens with one attached hydrogen (secondary N) is 1. The van der Waals surface area contributed by atoms with E-state index in [-0.39, 0.29) is 11.3 Å². The van der Waals surface area contributed by atoms with E-state index in [9.17, 15) is 9.18 Å². The van der Waals surface area contributed by atoms with Gasteiger partial charge >= 0.3 is 0 Å². The van der Waals surface area contributed by atoms with Gasteiger partial charge in [-0.25, -0.2) is 4.39 Å². The van der Waals surface area contributed by atoms with Crippen LogP contribution in [-0.2, 0) is 0 Å². The number of aryl methyl sites for hydroxylation is 1. The third kappa shape index (κ3) is 2.85. The molecule has 19 heavy (non-hydrogen) atoms. The summed E-state index contributed by atoms with van der Waals surface area (Å²) in [5.74, 6) is -0.839. The zero-order valence-corrected chi connectivity index (χ0v) is 11.0. The number of carbonyl (C=O) groups is 1. The number of anilines is 2. The average molecular weight is 279 g/mol. The second-order valence-electron chi connectivity index (χ2n) is 4.11. The average Bonchev–Trinajstić information content (AvgIpc) is 2.37. The Hall–Kier alpha value is -2.07. The summed E-state index contributed by atoms with van der Waals surface area (Å²) >= 11 is 5.85. The van der Waals surface area contributed by atoms with E-state index in [1.165, 1.54) is 12.1 Å².